The molecule has 1 N–H and O–H groups in total. The molecule has 1 aromatic carbocycles. The smallest absolute Gasteiger partial charge is 0.123 e. The van der Waals surface area contributed by atoms with Gasteiger partial charge in [-0.3, -0.25) is 0 Å². The van der Waals surface area contributed by atoms with Gasteiger partial charge in [0.25, 0.3) is 0 Å². The summed E-state index contributed by atoms with van der Waals surface area (Å²) in [5.74, 6) is -0.277. The van der Waals surface area contributed by atoms with Gasteiger partial charge in [-0.05, 0) is 36.7 Å². The summed E-state index contributed by atoms with van der Waals surface area (Å²) in [5, 5.41) is 3.88. The minimum Gasteiger partial charge on any atom is -0.309 e. The minimum atomic E-state index is -0.277. The number of nitrogens with zero attached hydrogens (tertiary/aromatic N) is 2. The molecule has 0 spiro atoms. The number of hydrogen-bond donors (Lipinski definition) is 1. The highest BCUT2D eigenvalue weighted by Gasteiger charge is 2.15. The summed E-state index contributed by atoms with van der Waals surface area (Å²) in [4.78, 5) is 0. The maximum Gasteiger partial charge on any atom is 0.123 e. The summed E-state index contributed by atoms with van der Waals surface area (Å²) in [7, 11) is 0. The van der Waals surface area contributed by atoms with Crippen molar-refractivity contribution in [2.24, 2.45) is 0 Å². The van der Waals surface area contributed by atoms with E-state index in [9.17, 15) is 4.39 Å². The lowest BCUT2D eigenvalue weighted by Crippen LogP contribution is -2.23. The Morgan fingerprint density at radius 1 is 1.50 bits per heavy atom. The number of nitrogens with one attached hydrogen (secondary N) is 1. The lowest BCUT2D eigenvalue weighted by Gasteiger charge is -2.16. The first-order valence-electron chi connectivity index (χ1n) is 5.65. The van der Waals surface area contributed by atoms with Crippen molar-refractivity contribution >= 4 is 23.3 Å². The predicted molar refractivity (Wildman–Crippen MR) is 71.4 cm³/mol. The molecular weight excluding hydrogens is 273 g/mol. The van der Waals surface area contributed by atoms with E-state index in [0.29, 0.717) is 11.4 Å². The molecule has 0 saturated heterocycles. The van der Waals surface area contributed by atoms with E-state index in [1.807, 2.05) is 6.92 Å². The van der Waals surface area contributed by atoms with Crippen molar-refractivity contribution < 1.29 is 4.39 Å². The van der Waals surface area contributed by atoms with Crippen molar-refractivity contribution in [3.05, 3.63) is 46.5 Å². The van der Waals surface area contributed by atoms with E-state index in [0.717, 1.165) is 29.5 Å². The van der Waals surface area contributed by atoms with Crippen molar-refractivity contribution in [2.75, 3.05) is 6.54 Å². The molecule has 1 heterocycles. The SMILES string of the molecule is CCNC(Cc1cc(F)ccc1Cl)c1cnsn1. The first-order chi connectivity index (χ1) is 8.70. The summed E-state index contributed by atoms with van der Waals surface area (Å²) >= 11 is 7.24. The average Bonchev–Trinajstić information content (AvgIpc) is 2.87. The Labute approximate surface area is 114 Å². The van der Waals surface area contributed by atoms with Crippen LogP contribution in [0.1, 0.15) is 24.2 Å². The largest absolute Gasteiger partial charge is 0.309 e. The Balaban J connectivity index is 2.21. The fraction of sp³-hybridized carbons (Fsp3) is 0.333. The fourth-order valence-electron chi connectivity index (χ4n) is 1.77. The Kier molecular flexibility index (Phi) is 4.63. The minimum absolute atomic E-state index is 0.00745. The van der Waals surface area contributed by atoms with Crippen molar-refractivity contribution in [3.63, 3.8) is 0 Å². The van der Waals surface area contributed by atoms with E-state index in [1.165, 1.54) is 12.1 Å². The molecule has 0 aliphatic carbocycles. The molecule has 1 unspecified atom stereocenters. The summed E-state index contributed by atoms with van der Waals surface area (Å²) in [6, 6.07) is 4.41. The molecule has 18 heavy (non-hydrogen) atoms. The van der Waals surface area contributed by atoms with Gasteiger partial charge in [0.2, 0.25) is 0 Å². The number of rotatable bonds is 5. The van der Waals surface area contributed by atoms with Crippen LogP contribution >= 0.6 is 23.3 Å². The monoisotopic (exact) mass is 285 g/mol. The van der Waals surface area contributed by atoms with Crippen LogP contribution in [-0.2, 0) is 6.42 Å². The Bertz CT molecular complexity index is 504. The Hall–Kier alpha value is -1.04. The van der Waals surface area contributed by atoms with Crippen LogP contribution in [0.25, 0.3) is 0 Å². The normalized spacial score (nSPS) is 12.6. The zero-order valence-corrected chi connectivity index (χ0v) is 11.4. The number of likely N-dealkylation sites (N-methyl/N-ethyl adjacent to an activating group) is 1. The van der Waals surface area contributed by atoms with Crippen LogP contribution in [-0.4, -0.2) is 15.3 Å². The quantitative estimate of drug-likeness (QED) is 0.916. The zero-order chi connectivity index (χ0) is 13.0. The molecule has 1 aromatic heterocycles. The molecule has 1 atom stereocenters. The second-order valence-electron chi connectivity index (χ2n) is 3.88. The average molecular weight is 286 g/mol. The van der Waals surface area contributed by atoms with Gasteiger partial charge in [0, 0.05) is 5.02 Å². The van der Waals surface area contributed by atoms with Gasteiger partial charge in [-0.2, -0.15) is 8.75 Å². The first-order valence-corrected chi connectivity index (χ1v) is 6.76. The molecule has 6 heteroatoms. The Morgan fingerprint density at radius 3 is 3.00 bits per heavy atom. The van der Waals surface area contributed by atoms with Gasteiger partial charge in [-0.1, -0.05) is 18.5 Å². The van der Waals surface area contributed by atoms with Gasteiger partial charge in [0.1, 0.15) is 5.82 Å². The number of aromatic nitrogens is 2. The Morgan fingerprint density at radius 2 is 2.33 bits per heavy atom. The molecule has 0 aliphatic heterocycles. The molecule has 0 fully saturated rings. The maximum absolute atomic E-state index is 13.2. The molecule has 0 amide bonds. The number of benzene rings is 1. The maximum atomic E-state index is 13.2. The van der Waals surface area contributed by atoms with Crippen LogP contribution in [0.3, 0.4) is 0 Å². The predicted octanol–water partition coefficient (Wildman–Crippen LogP) is 3.22. The van der Waals surface area contributed by atoms with E-state index < -0.39 is 0 Å². The standard InChI is InChI=1S/C12H13ClFN3S/c1-2-15-11(12-7-16-18-17-12)6-8-5-9(14)3-4-10(8)13/h3-5,7,11,15H,2,6H2,1H3. The highest BCUT2D eigenvalue weighted by Crippen LogP contribution is 2.23. The highest BCUT2D eigenvalue weighted by molar-refractivity contribution is 6.99. The van der Waals surface area contributed by atoms with Crippen molar-refractivity contribution in [1.82, 2.24) is 14.1 Å². The van der Waals surface area contributed by atoms with Gasteiger partial charge in [0.15, 0.2) is 0 Å². The van der Waals surface area contributed by atoms with E-state index in [1.54, 1.807) is 12.3 Å². The third-order valence-electron chi connectivity index (χ3n) is 2.62. The first kappa shape index (κ1) is 13.4. The van der Waals surface area contributed by atoms with Crippen LogP contribution in [0.4, 0.5) is 4.39 Å². The molecule has 0 radical (unpaired) electrons. The topological polar surface area (TPSA) is 37.8 Å². The molecule has 0 bridgehead atoms. The third kappa shape index (κ3) is 3.25. The molecule has 2 aromatic rings. The second kappa shape index (κ2) is 6.22. The molecule has 0 aliphatic rings. The number of halogens is 2. The third-order valence-corrected chi connectivity index (χ3v) is 3.48. The summed E-state index contributed by atoms with van der Waals surface area (Å²) < 4.78 is 21.4. The van der Waals surface area contributed by atoms with E-state index in [2.05, 4.69) is 14.1 Å². The van der Waals surface area contributed by atoms with Crippen LogP contribution in [0, 0.1) is 5.82 Å². The fourth-order valence-corrected chi connectivity index (χ4v) is 2.44. The van der Waals surface area contributed by atoms with Crippen LogP contribution in [0.2, 0.25) is 5.02 Å². The van der Waals surface area contributed by atoms with Crippen molar-refractivity contribution in [2.45, 2.75) is 19.4 Å². The molecular formula is C12H13ClFN3S. The van der Waals surface area contributed by atoms with Crippen molar-refractivity contribution in [3.8, 4) is 0 Å². The van der Waals surface area contributed by atoms with Crippen LogP contribution in [0.5, 0.6) is 0 Å². The molecule has 96 valence electrons. The second-order valence-corrected chi connectivity index (χ2v) is 4.85. The number of hydrogen-bond acceptors (Lipinski definition) is 4. The lowest BCUT2D eigenvalue weighted by molar-refractivity contribution is 0.537. The van der Waals surface area contributed by atoms with Gasteiger partial charge >= 0.3 is 0 Å². The van der Waals surface area contributed by atoms with E-state index >= 15 is 0 Å². The summed E-state index contributed by atoms with van der Waals surface area (Å²) in [6.07, 6.45) is 2.32. The van der Waals surface area contributed by atoms with Crippen molar-refractivity contribution in [1.29, 1.82) is 0 Å². The highest BCUT2D eigenvalue weighted by atomic mass is 35.5. The zero-order valence-electron chi connectivity index (χ0n) is 9.86. The van der Waals surface area contributed by atoms with Gasteiger partial charge in [-0.25, -0.2) is 4.39 Å². The summed E-state index contributed by atoms with van der Waals surface area (Å²) in [6.45, 7) is 2.81. The van der Waals surface area contributed by atoms with E-state index in [-0.39, 0.29) is 11.9 Å². The van der Waals surface area contributed by atoms with Crippen LogP contribution in [0.15, 0.2) is 24.4 Å². The summed E-state index contributed by atoms with van der Waals surface area (Å²) in [5.41, 5.74) is 1.64. The lowest BCUT2D eigenvalue weighted by atomic mass is 10.0. The van der Waals surface area contributed by atoms with Gasteiger partial charge in [0.05, 0.1) is 29.7 Å². The van der Waals surface area contributed by atoms with Gasteiger partial charge < -0.3 is 5.32 Å². The van der Waals surface area contributed by atoms with Crippen LogP contribution < -0.4 is 5.32 Å². The van der Waals surface area contributed by atoms with E-state index in [4.69, 9.17) is 11.6 Å². The molecule has 0 saturated carbocycles. The molecule has 2 rings (SSSR count). The molecule has 3 nitrogen and oxygen atoms in total. The van der Waals surface area contributed by atoms with Gasteiger partial charge in [-0.15, -0.1) is 0 Å².